The molecule has 0 spiro atoms. The Morgan fingerprint density at radius 2 is 2.15 bits per heavy atom. The summed E-state index contributed by atoms with van der Waals surface area (Å²) in [5.41, 5.74) is 6.33. The van der Waals surface area contributed by atoms with Crippen LogP contribution in [0.15, 0.2) is 24.3 Å². The van der Waals surface area contributed by atoms with E-state index >= 15 is 0 Å². The lowest BCUT2D eigenvalue weighted by Crippen LogP contribution is -2.42. The second kappa shape index (κ2) is 6.41. The van der Waals surface area contributed by atoms with Crippen LogP contribution in [0, 0.1) is 5.92 Å². The Morgan fingerprint density at radius 3 is 2.85 bits per heavy atom. The number of nitrogens with two attached hydrogens (primary N) is 1. The fourth-order valence-corrected chi connectivity index (χ4v) is 2.55. The van der Waals surface area contributed by atoms with E-state index in [0.717, 1.165) is 19.5 Å². The average Bonchev–Trinajstić information content (AvgIpc) is 2.45. The first-order valence-corrected chi connectivity index (χ1v) is 6.98. The number of carbonyl (C=O) groups excluding carboxylic acids is 2. The SMILES string of the molecule is CC1CCCN(C(=O)CNc2ccccc2C(N)=O)C1. The van der Waals surface area contributed by atoms with E-state index in [1.54, 1.807) is 18.2 Å². The number of hydrogen-bond donors (Lipinski definition) is 2. The number of benzene rings is 1. The van der Waals surface area contributed by atoms with Gasteiger partial charge < -0.3 is 16.0 Å². The van der Waals surface area contributed by atoms with Crippen molar-refractivity contribution in [3.8, 4) is 0 Å². The summed E-state index contributed by atoms with van der Waals surface area (Å²) in [6.45, 7) is 3.99. The van der Waals surface area contributed by atoms with Crippen molar-refractivity contribution >= 4 is 17.5 Å². The fraction of sp³-hybridized carbons (Fsp3) is 0.467. The van der Waals surface area contributed by atoms with E-state index in [2.05, 4.69) is 12.2 Å². The molecule has 5 nitrogen and oxygen atoms in total. The summed E-state index contributed by atoms with van der Waals surface area (Å²) in [6.07, 6.45) is 2.24. The van der Waals surface area contributed by atoms with E-state index in [1.807, 2.05) is 11.0 Å². The lowest BCUT2D eigenvalue weighted by atomic mass is 10.0. The van der Waals surface area contributed by atoms with Crippen molar-refractivity contribution in [3.63, 3.8) is 0 Å². The lowest BCUT2D eigenvalue weighted by Gasteiger charge is -2.31. The van der Waals surface area contributed by atoms with Crippen LogP contribution in [0.3, 0.4) is 0 Å². The van der Waals surface area contributed by atoms with E-state index in [9.17, 15) is 9.59 Å². The summed E-state index contributed by atoms with van der Waals surface area (Å²) in [5, 5.41) is 3.01. The predicted molar refractivity (Wildman–Crippen MR) is 78.4 cm³/mol. The zero-order valence-corrected chi connectivity index (χ0v) is 11.8. The first kappa shape index (κ1) is 14.4. The molecule has 1 atom stereocenters. The maximum Gasteiger partial charge on any atom is 0.250 e. The average molecular weight is 275 g/mol. The molecule has 1 fully saturated rings. The van der Waals surface area contributed by atoms with Crippen LogP contribution in [0.25, 0.3) is 0 Å². The Labute approximate surface area is 119 Å². The lowest BCUT2D eigenvalue weighted by molar-refractivity contribution is -0.130. The van der Waals surface area contributed by atoms with Crippen LogP contribution < -0.4 is 11.1 Å². The smallest absolute Gasteiger partial charge is 0.250 e. The van der Waals surface area contributed by atoms with Crippen molar-refractivity contribution in [1.29, 1.82) is 0 Å². The molecule has 0 bridgehead atoms. The Bertz CT molecular complexity index is 502. The van der Waals surface area contributed by atoms with Gasteiger partial charge in [0.1, 0.15) is 0 Å². The number of rotatable bonds is 4. The van der Waals surface area contributed by atoms with Gasteiger partial charge in [0, 0.05) is 18.8 Å². The highest BCUT2D eigenvalue weighted by Crippen LogP contribution is 2.17. The summed E-state index contributed by atoms with van der Waals surface area (Å²) >= 11 is 0. The van der Waals surface area contributed by atoms with Gasteiger partial charge in [-0.2, -0.15) is 0 Å². The summed E-state index contributed by atoms with van der Waals surface area (Å²) in [4.78, 5) is 25.3. The molecular weight excluding hydrogens is 254 g/mol. The fourth-order valence-electron chi connectivity index (χ4n) is 2.55. The molecule has 0 aliphatic carbocycles. The second-order valence-corrected chi connectivity index (χ2v) is 5.35. The van der Waals surface area contributed by atoms with Gasteiger partial charge >= 0.3 is 0 Å². The molecule has 5 heteroatoms. The molecule has 1 unspecified atom stereocenters. The molecule has 2 rings (SSSR count). The van der Waals surface area contributed by atoms with E-state index in [-0.39, 0.29) is 12.5 Å². The van der Waals surface area contributed by atoms with Crippen LogP contribution in [0.4, 0.5) is 5.69 Å². The molecule has 0 aromatic heterocycles. The van der Waals surface area contributed by atoms with E-state index < -0.39 is 5.91 Å². The molecule has 20 heavy (non-hydrogen) atoms. The largest absolute Gasteiger partial charge is 0.376 e. The molecule has 1 aliphatic rings. The predicted octanol–water partition coefficient (Wildman–Crippen LogP) is 1.46. The Hall–Kier alpha value is -2.04. The summed E-state index contributed by atoms with van der Waals surface area (Å²) in [5.74, 6) is 0.133. The topological polar surface area (TPSA) is 75.4 Å². The Morgan fingerprint density at radius 1 is 1.40 bits per heavy atom. The number of anilines is 1. The van der Waals surface area contributed by atoms with Gasteiger partial charge in [-0.05, 0) is 30.9 Å². The van der Waals surface area contributed by atoms with Gasteiger partial charge in [0.15, 0.2) is 0 Å². The van der Waals surface area contributed by atoms with Gasteiger partial charge in [-0.1, -0.05) is 19.1 Å². The van der Waals surface area contributed by atoms with Crippen LogP contribution in [-0.4, -0.2) is 36.3 Å². The molecule has 2 amide bonds. The maximum absolute atomic E-state index is 12.1. The van der Waals surface area contributed by atoms with Crippen LogP contribution in [0.5, 0.6) is 0 Å². The van der Waals surface area contributed by atoms with Crippen LogP contribution in [0.1, 0.15) is 30.1 Å². The van der Waals surface area contributed by atoms with Crippen molar-refractivity contribution in [2.75, 3.05) is 25.0 Å². The number of primary amides is 1. The summed E-state index contributed by atoms with van der Waals surface area (Å²) < 4.78 is 0. The maximum atomic E-state index is 12.1. The van der Waals surface area contributed by atoms with Gasteiger partial charge in [-0.3, -0.25) is 9.59 Å². The van der Waals surface area contributed by atoms with Crippen LogP contribution >= 0.6 is 0 Å². The van der Waals surface area contributed by atoms with Crippen molar-refractivity contribution in [3.05, 3.63) is 29.8 Å². The molecule has 108 valence electrons. The second-order valence-electron chi connectivity index (χ2n) is 5.35. The highest BCUT2D eigenvalue weighted by Gasteiger charge is 2.20. The van der Waals surface area contributed by atoms with Gasteiger partial charge in [0.25, 0.3) is 5.91 Å². The molecular formula is C15H21N3O2. The molecule has 1 aromatic carbocycles. The summed E-state index contributed by atoms with van der Waals surface area (Å²) in [7, 11) is 0. The zero-order valence-electron chi connectivity index (χ0n) is 11.8. The van der Waals surface area contributed by atoms with Gasteiger partial charge in [0.2, 0.25) is 5.91 Å². The summed E-state index contributed by atoms with van der Waals surface area (Å²) in [6, 6.07) is 6.96. The van der Waals surface area contributed by atoms with Crippen molar-refractivity contribution in [1.82, 2.24) is 4.90 Å². The number of likely N-dealkylation sites (tertiary alicyclic amines) is 1. The third-order valence-corrected chi connectivity index (χ3v) is 3.63. The molecule has 1 aromatic rings. The van der Waals surface area contributed by atoms with Gasteiger partial charge in [0.05, 0.1) is 12.1 Å². The highest BCUT2D eigenvalue weighted by atomic mass is 16.2. The van der Waals surface area contributed by atoms with Crippen LogP contribution in [-0.2, 0) is 4.79 Å². The quantitative estimate of drug-likeness (QED) is 0.873. The van der Waals surface area contributed by atoms with Crippen molar-refractivity contribution < 1.29 is 9.59 Å². The normalized spacial score (nSPS) is 18.6. The number of amides is 2. The number of carbonyl (C=O) groups is 2. The van der Waals surface area contributed by atoms with E-state index in [4.69, 9.17) is 5.73 Å². The minimum absolute atomic E-state index is 0.0656. The molecule has 1 aliphatic heterocycles. The number of para-hydroxylation sites is 1. The molecule has 0 radical (unpaired) electrons. The minimum atomic E-state index is -0.493. The molecule has 1 saturated heterocycles. The number of hydrogen-bond acceptors (Lipinski definition) is 3. The monoisotopic (exact) mass is 275 g/mol. The third-order valence-electron chi connectivity index (χ3n) is 3.63. The Balaban J connectivity index is 1.95. The number of nitrogens with one attached hydrogen (secondary N) is 1. The highest BCUT2D eigenvalue weighted by molar-refractivity contribution is 5.99. The Kier molecular flexibility index (Phi) is 4.61. The zero-order chi connectivity index (χ0) is 14.5. The minimum Gasteiger partial charge on any atom is -0.376 e. The van der Waals surface area contributed by atoms with E-state index in [1.165, 1.54) is 6.42 Å². The van der Waals surface area contributed by atoms with Crippen molar-refractivity contribution in [2.24, 2.45) is 11.7 Å². The van der Waals surface area contributed by atoms with Crippen LogP contribution in [0.2, 0.25) is 0 Å². The standard InChI is InChI=1S/C15H21N3O2/c1-11-5-4-8-18(10-11)14(19)9-17-13-7-3-2-6-12(13)15(16)20/h2-3,6-7,11,17H,4-5,8-10H2,1H3,(H2,16,20). The first-order valence-electron chi connectivity index (χ1n) is 6.98. The van der Waals surface area contributed by atoms with Gasteiger partial charge in [-0.25, -0.2) is 0 Å². The molecule has 3 N–H and O–H groups in total. The third kappa shape index (κ3) is 3.50. The van der Waals surface area contributed by atoms with Gasteiger partial charge in [-0.15, -0.1) is 0 Å². The van der Waals surface area contributed by atoms with E-state index in [0.29, 0.717) is 17.2 Å². The molecule has 0 saturated carbocycles. The first-order chi connectivity index (χ1) is 9.58. The van der Waals surface area contributed by atoms with Crippen molar-refractivity contribution in [2.45, 2.75) is 19.8 Å². The number of piperidine rings is 1. The molecule has 1 heterocycles. The number of nitrogens with zero attached hydrogens (tertiary/aromatic N) is 1.